The number of ether oxygens (including phenoxy) is 4. The van der Waals surface area contributed by atoms with Gasteiger partial charge in [0.05, 0.1) is 37.0 Å². The van der Waals surface area contributed by atoms with E-state index in [-0.39, 0.29) is 18.1 Å². The second kappa shape index (κ2) is 13.8. The van der Waals surface area contributed by atoms with Crippen LogP contribution in [0, 0.1) is 11.3 Å². The molecule has 13 heteroatoms. The lowest BCUT2D eigenvalue weighted by Crippen LogP contribution is -2.81. The maximum atomic E-state index is 15.6. The topological polar surface area (TPSA) is 154 Å². The zero-order chi connectivity index (χ0) is 44.4. The van der Waals surface area contributed by atoms with Crippen molar-refractivity contribution in [3.63, 3.8) is 0 Å². The van der Waals surface area contributed by atoms with Gasteiger partial charge in [0.2, 0.25) is 5.60 Å². The first-order valence-electron chi connectivity index (χ1n) is 22.5. The number of aromatic nitrogens is 1. The number of H-pyrrole nitrogens is 1. The molecule has 1 spiro atoms. The molecule has 1 saturated carbocycles. The van der Waals surface area contributed by atoms with Crippen LogP contribution in [0.2, 0.25) is 0 Å². The van der Waals surface area contributed by atoms with Crippen molar-refractivity contribution in [2.24, 2.45) is 11.3 Å². The van der Waals surface area contributed by atoms with Gasteiger partial charge in [-0.15, -0.1) is 0 Å². The van der Waals surface area contributed by atoms with E-state index in [0.29, 0.717) is 81.8 Å². The number of carbonyl (C=O) groups is 3. The second-order valence-electron chi connectivity index (χ2n) is 18.1. The van der Waals surface area contributed by atoms with Crippen molar-refractivity contribution < 1.29 is 47.7 Å². The monoisotopic (exact) mass is 813 g/mol. The highest BCUT2D eigenvalue weighted by Gasteiger charge is 2.80. The van der Waals surface area contributed by atoms with E-state index in [4.69, 9.17) is 23.1 Å². The lowest BCUT2D eigenvalue weighted by Gasteiger charge is -2.63. The molecule has 0 radical (unpaired) electrons. The number of hydrogen-bond acceptors (Lipinski definition) is 12. The van der Waals surface area contributed by atoms with Crippen LogP contribution in [-0.4, -0.2) is 133 Å². The van der Waals surface area contributed by atoms with Crippen LogP contribution in [0.15, 0.2) is 48.6 Å². The predicted molar refractivity (Wildman–Crippen MR) is 220 cm³/mol. The summed E-state index contributed by atoms with van der Waals surface area (Å²) in [5.74, 6) is -2.60. The summed E-state index contributed by atoms with van der Waals surface area (Å²) in [5.41, 5.74) is -3.53. The van der Waals surface area contributed by atoms with Gasteiger partial charge in [-0.3, -0.25) is 19.4 Å². The van der Waals surface area contributed by atoms with E-state index in [9.17, 15) is 19.8 Å². The van der Waals surface area contributed by atoms with Gasteiger partial charge in [-0.05, 0) is 74.2 Å². The summed E-state index contributed by atoms with van der Waals surface area (Å²) in [6, 6.07) is 10.1. The highest BCUT2D eigenvalue weighted by Crippen LogP contribution is 2.68. The molecule has 0 amide bonds. The van der Waals surface area contributed by atoms with E-state index in [1.54, 1.807) is 7.05 Å². The molecule has 13 nitrogen and oxygen atoms in total. The molecule has 3 fully saturated rings. The van der Waals surface area contributed by atoms with Gasteiger partial charge in [-0.2, -0.15) is 0 Å². The summed E-state index contributed by atoms with van der Waals surface area (Å²) < 4.78 is 48.5. The largest absolute Gasteiger partial charge is 0.496 e. The van der Waals surface area contributed by atoms with Crippen LogP contribution in [0.3, 0.4) is 0 Å². The summed E-state index contributed by atoms with van der Waals surface area (Å²) in [7, 11) is 1.40. The van der Waals surface area contributed by atoms with Crippen LogP contribution in [0.5, 0.6) is 5.75 Å². The molecule has 2 saturated heterocycles. The Kier molecular flexibility index (Phi) is 8.52. The zero-order valence-corrected chi connectivity index (χ0v) is 34.8. The maximum absolute atomic E-state index is 15.6. The molecule has 5 aliphatic heterocycles. The fourth-order valence-electron chi connectivity index (χ4n) is 13.4. The lowest BCUT2D eigenvalue weighted by atomic mass is 9.47. The number of nitrogens with zero attached hydrogens (tertiary/aromatic N) is 3. The Balaban J connectivity index is 1.38. The van der Waals surface area contributed by atoms with Crippen molar-refractivity contribution in [3.8, 4) is 5.75 Å². The number of fused-ring (bicyclic) bond motifs is 6. The highest BCUT2D eigenvalue weighted by molar-refractivity contribution is 5.95. The minimum Gasteiger partial charge on any atom is -0.496 e. The van der Waals surface area contributed by atoms with Gasteiger partial charge in [0, 0.05) is 90.9 Å². The number of nitrogens with one attached hydrogen (secondary N) is 1. The molecule has 1 unspecified atom stereocenters. The third-order valence-corrected chi connectivity index (χ3v) is 15.5. The van der Waals surface area contributed by atoms with E-state index in [1.807, 2.05) is 67.3 Å². The Labute approximate surface area is 349 Å². The van der Waals surface area contributed by atoms with Crippen LogP contribution < -0.4 is 9.64 Å². The molecule has 3 aromatic rings. The molecule has 1 aliphatic carbocycles. The number of aliphatic hydroxyl groups is 2. The van der Waals surface area contributed by atoms with Crippen LogP contribution >= 0.6 is 0 Å². The van der Waals surface area contributed by atoms with Crippen molar-refractivity contribution in [1.29, 1.82) is 0 Å². The summed E-state index contributed by atoms with van der Waals surface area (Å²) in [4.78, 5) is 53.1. The molecule has 1 aromatic heterocycles. The number of aromatic amines is 1. The van der Waals surface area contributed by atoms with Crippen LogP contribution in [-0.2, 0) is 45.8 Å². The number of methoxy groups -OCH3 is 3. The van der Waals surface area contributed by atoms with E-state index in [0.717, 1.165) is 22.0 Å². The van der Waals surface area contributed by atoms with Gasteiger partial charge in [0.15, 0.2) is 6.10 Å². The van der Waals surface area contributed by atoms with Gasteiger partial charge in [-0.1, -0.05) is 44.2 Å². The number of carbonyl (C=O) groups excluding carboxylic acids is 3. The van der Waals surface area contributed by atoms with Crippen LogP contribution in [0.25, 0.3) is 10.9 Å². The number of likely N-dealkylation sites (N-methyl/N-ethyl adjacent to an activating group) is 1. The van der Waals surface area contributed by atoms with Crippen molar-refractivity contribution in [2.75, 3.05) is 65.9 Å². The Morgan fingerprint density at radius 1 is 1.00 bits per heavy atom. The Hall–Kier alpha value is -4.43. The predicted octanol–water partition coefficient (Wildman–Crippen LogP) is 3.99. The van der Waals surface area contributed by atoms with E-state index in [1.165, 1.54) is 21.1 Å². The molecule has 2 aromatic carbocycles. The number of rotatable bonds is 7. The molecule has 10 atom stereocenters. The van der Waals surface area contributed by atoms with Crippen molar-refractivity contribution >= 4 is 34.5 Å². The van der Waals surface area contributed by atoms with Gasteiger partial charge < -0.3 is 39.0 Å². The fourth-order valence-corrected chi connectivity index (χ4v) is 13.4. The molecule has 6 heterocycles. The summed E-state index contributed by atoms with van der Waals surface area (Å²) >= 11 is 0. The zero-order valence-electron chi connectivity index (χ0n) is 37.8. The maximum Gasteiger partial charge on any atom is 0.344 e. The van der Waals surface area contributed by atoms with E-state index in [2.05, 4.69) is 14.8 Å². The normalized spacial score (nSPS) is 37.9. The summed E-state index contributed by atoms with van der Waals surface area (Å²) in [5, 5.41) is 26.3. The Morgan fingerprint density at radius 3 is 2.51 bits per heavy atom. The quantitative estimate of drug-likeness (QED) is 0.180. The SMILES string of the molecule is [2H]C([2H])([2H])OC(=O)[C@@]1(c2cc3c(cc2OC)N(C)[C@H]2[C@@](O)(C(=O)OC)[C@H](OC(C)=O)[C@]4(CC)C=CCN5CC[C@]32[C@@H]54)C[C@H]2CN(CCc3c1[nH]c1ccccc31)C[C@@](O)(CC)C2. The Bertz CT molecular complexity index is 2370. The first kappa shape index (κ1) is 36.4. The minimum atomic E-state index is -3.11. The van der Waals surface area contributed by atoms with Gasteiger partial charge in [0.25, 0.3) is 0 Å². The molecule has 9 rings (SSSR count). The molecular formula is C46H58N4O9. The van der Waals surface area contributed by atoms with Gasteiger partial charge in [0.1, 0.15) is 11.2 Å². The van der Waals surface area contributed by atoms with Crippen LogP contribution in [0.1, 0.15) is 79.4 Å². The van der Waals surface area contributed by atoms with Crippen molar-refractivity contribution in [2.45, 2.75) is 99.5 Å². The number of hydrogen-bond donors (Lipinski definition) is 3. The standard InChI is InChI=1S/C46H58N4O9/c1-8-42(54)23-28-24-45(40(52)57-6,36-30(15-19-49(25-28)26-42)29-13-10-11-14-33(29)47-36)32-21-31-34(22-35(32)56-5)48(4)38-44(31)17-20-50-18-12-16-43(9-2,37(44)50)39(59-27(3)51)46(38,55)41(53)58-7/h10-14,16,21-22,28,37-39,47,54-55H,8-9,15,17-20,23-26H2,1-7H3/t28-,37-,38+,39+,42+,43+,44+,45+,46-/m0/s1/i6D3. The summed E-state index contributed by atoms with van der Waals surface area (Å²) in [6.45, 7) is 7.97. The van der Waals surface area contributed by atoms with Crippen molar-refractivity contribution in [3.05, 3.63) is 70.9 Å². The number of anilines is 1. The van der Waals surface area contributed by atoms with E-state index >= 15 is 4.79 Å². The third-order valence-electron chi connectivity index (χ3n) is 15.5. The smallest absolute Gasteiger partial charge is 0.344 e. The first-order chi connectivity index (χ1) is 29.4. The molecule has 3 N–H and O–H groups in total. The van der Waals surface area contributed by atoms with Gasteiger partial charge in [-0.25, -0.2) is 4.79 Å². The first-order valence-corrected chi connectivity index (χ1v) is 21.0. The average molecular weight is 814 g/mol. The fraction of sp³-hybridized carbons (Fsp3) is 0.587. The number of piperidine rings is 1. The number of para-hydroxylation sites is 1. The van der Waals surface area contributed by atoms with Gasteiger partial charge >= 0.3 is 17.9 Å². The lowest BCUT2D eigenvalue weighted by molar-refractivity contribution is -0.228. The summed E-state index contributed by atoms with van der Waals surface area (Å²) in [6.07, 6.45) is 4.95. The average Bonchev–Trinajstić information content (AvgIpc) is 3.89. The second-order valence-corrected chi connectivity index (χ2v) is 18.1. The Morgan fingerprint density at radius 2 is 1.80 bits per heavy atom. The number of esters is 3. The molecule has 2 bridgehead atoms. The van der Waals surface area contributed by atoms with E-state index < -0.39 is 70.6 Å². The molecule has 316 valence electrons. The molecule has 6 aliphatic rings. The third kappa shape index (κ3) is 5.20. The highest BCUT2D eigenvalue weighted by atomic mass is 16.6. The number of benzene rings is 2. The van der Waals surface area contributed by atoms with Crippen LogP contribution in [0.4, 0.5) is 5.69 Å². The van der Waals surface area contributed by atoms with Crippen molar-refractivity contribution in [1.82, 2.24) is 14.8 Å². The molecule has 59 heavy (non-hydrogen) atoms. The minimum absolute atomic E-state index is 0.0692. The molecular weight excluding hydrogens is 753 g/mol.